The highest BCUT2D eigenvalue weighted by Crippen LogP contribution is 2.41. The number of urea groups is 1. The van der Waals surface area contributed by atoms with E-state index in [0.29, 0.717) is 12.5 Å². The van der Waals surface area contributed by atoms with Crippen molar-refractivity contribution in [3.05, 3.63) is 42.2 Å². The molecule has 1 aromatic heterocycles. The molecule has 2 aliphatic carbocycles. The minimum Gasteiger partial charge on any atom is -0.335 e. The molecular formula is C20H27N5O. The Hall–Kier alpha value is -2.37. The van der Waals surface area contributed by atoms with Crippen molar-refractivity contribution in [2.75, 3.05) is 5.32 Å². The van der Waals surface area contributed by atoms with Gasteiger partial charge >= 0.3 is 6.03 Å². The lowest BCUT2D eigenvalue weighted by molar-refractivity contribution is 0.248. The Morgan fingerprint density at radius 2 is 1.81 bits per heavy atom. The van der Waals surface area contributed by atoms with Gasteiger partial charge in [0.05, 0.1) is 6.54 Å². The van der Waals surface area contributed by atoms with Gasteiger partial charge in [-0.3, -0.25) is 5.32 Å². The summed E-state index contributed by atoms with van der Waals surface area (Å²) in [5.41, 5.74) is 1.15. The van der Waals surface area contributed by atoms with Crippen LogP contribution >= 0.6 is 0 Å². The third kappa shape index (κ3) is 4.23. The Morgan fingerprint density at radius 3 is 2.54 bits per heavy atom. The normalized spacial score (nSPS) is 25.3. The number of aromatic nitrogens is 3. The lowest BCUT2D eigenvalue weighted by atomic mass is 9.92. The van der Waals surface area contributed by atoms with Crippen molar-refractivity contribution in [1.82, 2.24) is 20.1 Å². The van der Waals surface area contributed by atoms with Crippen LogP contribution in [0.25, 0.3) is 0 Å². The quantitative estimate of drug-likeness (QED) is 0.878. The fraction of sp³-hybridized carbons (Fsp3) is 0.550. The summed E-state index contributed by atoms with van der Waals surface area (Å²) in [4.78, 5) is 16.5. The largest absolute Gasteiger partial charge is 0.335 e. The molecule has 138 valence electrons. The number of benzene rings is 1. The van der Waals surface area contributed by atoms with E-state index < -0.39 is 0 Å². The summed E-state index contributed by atoms with van der Waals surface area (Å²) in [6.45, 7) is 0.642. The molecule has 1 heterocycles. The SMILES string of the molecule is O=C(Nc1ncn(Cc2ccccc2)n1)NC1CC2CCCCCC2C1. The van der Waals surface area contributed by atoms with Crippen molar-refractivity contribution in [1.29, 1.82) is 0 Å². The smallest absolute Gasteiger partial charge is 0.321 e. The maximum absolute atomic E-state index is 12.3. The van der Waals surface area contributed by atoms with Crippen LogP contribution in [0.5, 0.6) is 0 Å². The van der Waals surface area contributed by atoms with Gasteiger partial charge in [-0.05, 0) is 30.2 Å². The van der Waals surface area contributed by atoms with Gasteiger partial charge in [0.15, 0.2) is 0 Å². The number of nitrogens with one attached hydrogen (secondary N) is 2. The summed E-state index contributed by atoms with van der Waals surface area (Å²) in [6, 6.07) is 10.2. The predicted molar refractivity (Wildman–Crippen MR) is 101 cm³/mol. The van der Waals surface area contributed by atoms with E-state index in [1.807, 2.05) is 30.3 Å². The number of fused-ring (bicyclic) bond motifs is 1. The Labute approximate surface area is 154 Å². The molecular weight excluding hydrogens is 326 g/mol. The highest BCUT2D eigenvalue weighted by Gasteiger charge is 2.35. The molecule has 0 bridgehead atoms. The fourth-order valence-corrected chi connectivity index (χ4v) is 4.55. The number of hydrogen-bond acceptors (Lipinski definition) is 3. The topological polar surface area (TPSA) is 71.8 Å². The Balaban J connectivity index is 1.27. The lowest BCUT2D eigenvalue weighted by Crippen LogP contribution is -2.37. The lowest BCUT2D eigenvalue weighted by Gasteiger charge is -2.13. The monoisotopic (exact) mass is 353 g/mol. The van der Waals surface area contributed by atoms with Crippen molar-refractivity contribution in [2.24, 2.45) is 11.8 Å². The number of anilines is 1. The van der Waals surface area contributed by atoms with Crippen molar-refractivity contribution in [3.8, 4) is 0 Å². The van der Waals surface area contributed by atoms with Gasteiger partial charge in [0, 0.05) is 6.04 Å². The zero-order valence-corrected chi connectivity index (χ0v) is 15.1. The summed E-state index contributed by atoms with van der Waals surface area (Å²) in [5.74, 6) is 1.95. The first-order valence-corrected chi connectivity index (χ1v) is 9.77. The first-order valence-electron chi connectivity index (χ1n) is 9.77. The zero-order chi connectivity index (χ0) is 17.8. The summed E-state index contributed by atoms with van der Waals surface area (Å²) in [5, 5.41) is 10.2. The number of nitrogens with zero attached hydrogens (tertiary/aromatic N) is 3. The molecule has 2 fully saturated rings. The molecule has 0 saturated heterocycles. The van der Waals surface area contributed by atoms with Crippen molar-refractivity contribution in [2.45, 2.75) is 57.5 Å². The van der Waals surface area contributed by atoms with Crippen LogP contribution in [0.3, 0.4) is 0 Å². The first kappa shape index (κ1) is 17.1. The van der Waals surface area contributed by atoms with Gasteiger partial charge in [-0.15, -0.1) is 5.10 Å². The fourth-order valence-electron chi connectivity index (χ4n) is 4.55. The molecule has 2 N–H and O–H groups in total. The molecule has 6 heteroatoms. The molecule has 4 rings (SSSR count). The van der Waals surface area contributed by atoms with Crippen LogP contribution < -0.4 is 10.6 Å². The van der Waals surface area contributed by atoms with E-state index in [0.717, 1.165) is 30.2 Å². The number of hydrogen-bond donors (Lipinski definition) is 2. The maximum Gasteiger partial charge on any atom is 0.321 e. The number of carbonyl (C=O) groups is 1. The van der Waals surface area contributed by atoms with Crippen molar-refractivity contribution < 1.29 is 4.79 Å². The molecule has 2 amide bonds. The highest BCUT2D eigenvalue weighted by molar-refractivity contribution is 5.87. The Kier molecular flexibility index (Phi) is 5.18. The average Bonchev–Trinajstić information content (AvgIpc) is 3.16. The average molecular weight is 353 g/mol. The number of rotatable bonds is 4. The van der Waals surface area contributed by atoms with Crippen molar-refractivity contribution >= 4 is 12.0 Å². The van der Waals surface area contributed by atoms with Gasteiger partial charge in [0.2, 0.25) is 5.95 Å². The van der Waals surface area contributed by atoms with E-state index in [9.17, 15) is 4.79 Å². The highest BCUT2D eigenvalue weighted by atomic mass is 16.2. The van der Waals surface area contributed by atoms with Crippen LogP contribution in [-0.4, -0.2) is 26.8 Å². The van der Waals surface area contributed by atoms with E-state index >= 15 is 0 Å². The first-order chi connectivity index (χ1) is 12.8. The van der Waals surface area contributed by atoms with Gasteiger partial charge in [-0.2, -0.15) is 0 Å². The second kappa shape index (κ2) is 7.89. The van der Waals surface area contributed by atoms with Crippen LogP contribution in [0.4, 0.5) is 10.7 Å². The molecule has 26 heavy (non-hydrogen) atoms. The van der Waals surface area contributed by atoms with Crippen LogP contribution in [0.15, 0.2) is 36.7 Å². The van der Waals surface area contributed by atoms with Gasteiger partial charge in [-0.25, -0.2) is 14.5 Å². The summed E-state index contributed by atoms with van der Waals surface area (Å²) in [7, 11) is 0. The van der Waals surface area contributed by atoms with Crippen LogP contribution in [0, 0.1) is 11.8 Å². The number of carbonyl (C=O) groups excluding carboxylic acids is 1. The van der Waals surface area contributed by atoms with Gasteiger partial charge in [0.1, 0.15) is 6.33 Å². The molecule has 0 radical (unpaired) electrons. The minimum absolute atomic E-state index is 0.191. The molecule has 0 aliphatic heterocycles. The standard InChI is InChI=1S/C20H27N5O/c26-20(22-18-11-16-9-5-2-6-10-17(16)12-18)23-19-21-14-25(24-19)13-15-7-3-1-4-8-15/h1,3-4,7-8,14,16-18H,2,5-6,9-13H2,(H2,22,23,24,26). The van der Waals surface area contributed by atoms with E-state index in [4.69, 9.17) is 0 Å². The van der Waals surface area contributed by atoms with Gasteiger partial charge in [-0.1, -0.05) is 62.4 Å². The molecule has 2 unspecified atom stereocenters. The van der Waals surface area contributed by atoms with Crippen LogP contribution in [0.1, 0.15) is 50.5 Å². The molecule has 6 nitrogen and oxygen atoms in total. The third-order valence-corrected chi connectivity index (χ3v) is 5.78. The summed E-state index contributed by atoms with van der Waals surface area (Å²) < 4.78 is 1.73. The second-order valence-electron chi connectivity index (χ2n) is 7.68. The Morgan fingerprint density at radius 1 is 1.08 bits per heavy atom. The number of amides is 2. The second-order valence-corrected chi connectivity index (χ2v) is 7.68. The molecule has 2 aliphatic rings. The van der Waals surface area contributed by atoms with Gasteiger partial charge in [0.25, 0.3) is 0 Å². The van der Waals surface area contributed by atoms with Crippen molar-refractivity contribution in [3.63, 3.8) is 0 Å². The molecule has 0 spiro atoms. The van der Waals surface area contributed by atoms with Crippen LogP contribution in [0.2, 0.25) is 0 Å². The molecule has 2 saturated carbocycles. The summed E-state index contributed by atoms with van der Waals surface area (Å²) >= 11 is 0. The van der Waals surface area contributed by atoms with Gasteiger partial charge < -0.3 is 5.32 Å². The van der Waals surface area contributed by atoms with E-state index in [-0.39, 0.29) is 12.1 Å². The minimum atomic E-state index is -0.191. The maximum atomic E-state index is 12.3. The molecule has 1 aromatic carbocycles. The summed E-state index contributed by atoms with van der Waals surface area (Å²) in [6.07, 6.45) is 10.6. The predicted octanol–water partition coefficient (Wildman–Crippen LogP) is 3.81. The van der Waals surface area contributed by atoms with E-state index in [1.54, 1.807) is 11.0 Å². The third-order valence-electron chi connectivity index (χ3n) is 5.78. The van der Waals surface area contributed by atoms with E-state index in [1.165, 1.54) is 32.1 Å². The molecule has 2 aromatic rings. The van der Waals surface area contributed by atoms with E-state index in [2.05, 4.69) is 20.7 Å². The molecule has 2 atom stereocenters. The Bertz CT molecular complexity index is 715. The van der Waals surface area contributed by atoms with Crippen LogP contribution in [-0.2, 0) is 6.54 Å². The zero-order valence-electron chi connectivity index (χ0n) is 15.1.